The van der Waals surface area contributed by atoms with Gasteiger partial charge in [-0.15, -0.1) is 13.2 Å². The molecule has 1 atom stereocenters. The van der Waals surface area contributed by atoms with Crippen LogP contribution in [-0.2, 0) is 14.8 Å². The molecule has 2 N–H and O–H groups in total. The second kappa shape index (κ2) is 8.72. The van der Waals surface area contributed by atoms with E-state index in [2.05, 4.69) is 21.4 Å². The predicted octanol–water partition coefficient (Wildman–Crippen LogP) is 2.05. The Balaban J connectivity index is 1.85. The molecule has 0 spiro atoms. The van der Waals surface area contributed by atoms with Crippen molar-refractivity contribution in [1.82, 2.24) is 9.62 Å². The fraction of sp³-hybridized carbons (Fsp3) is 0.438. The van der Waals surface area contributed by atoms with Crippen molar-refractivity contribution in [1.29, 1.82) is 0 Å². The van der Waals surface area contributed by atoms with Gasteiger partial charge in [0.15, 0.2) is 0 Å². The average Bonchev–Trinajstić information content (AvgIpc) is 2.55. The quantitative estimate of drug-likeness (QED) is 0.722. The first-order valence-corrected chi connectivity index (χ1v) is 9.64. The van der Waals surface area contributed by atoms with Crippen molar-refractivity contribution in [3.63, 3.8) is 0 Å². The molecule has 2 rings (SSSR count). The third kappa shape index (κ3) is 7.57. The van der Waals surface area contributed by atoms with Gasteiger partial charge in [0.25, 0.3) is 0 Å². The van der Waals surface area contributed by atoms with Crippen molar-refractivity contribution in [3.05, 3.63) is 36.3 Å². The zero-order valence-electron chi connectivity index (χ0n) is 14.3. The predicted molar refractivity (Wildman–Crippen MR) is 93.5 cm³/mol. The van der Waals surface area contributed by atoms with E-state index in [1.165, 1.54) is 12.1 Å². The fourth-order valence-electron chi connectivity index (χ4n) is 2.72. The van der Waals surface area contributed by atoms with E-state index in [1.54, 1.807) is 4.90 Å². The van der Waals surface area contributed by atoms with Crippen LogP contribution in [0.4, 0.5) is 18.9 Å². The lowest BCUT2D eigenvalue weighted by atomic mass is 10.1. The Labute approximate surface area is 155 Å². The molecular weight excluding hydrogens is 387 g/mol. The minimum atomic E-state index is -4.78. The van der Waals surface area contributed by atoms with Gasteiger partial charge in [0.05, 0.1) is 6.54 Å². The number of nitrogens with zero attached hydrogens (tertiary/aromatic N) is 1. The molecule has 0 aliphatic carbocycles. The van der Waals surface area contributed by atoms with Crippen LogP contribution in [0.1, 0.15) is 12.8 Å². The maximum atomic E-state index is 12.1. The number of benzene rings is 1. The highest BCUT2D eigenvalue weighted by Crippen LogP contribution is 2.24. The molecule has 1 fully saturated rings. The number of anilines is 1. The summed E-state index contributed by atoms with van der Waals surface area (Å²) in [6, 6.07) is 4.49. The molecule has 1 unspecified atom stereocenters. The highest BCUT2D eigenvalue weighted by molar-refractivity contribution is 7.92. The van der Waals surface area contributed by atoms with Crippen molar-refractivity contribution < 1.29 is 31.1 Å². The highest BCUT2D eigenvalue weighted by Gasteiger charge is 2.31. The van der Waals surface area contributed by atoms with Gasteiger partial charge in [-0.25, -0.2) is 13.1 Å². The van der Waals surface area contributed by atoms with Gasteiger partial charge in [-0.2, -0.15) is 0 Å². The number of alkyl halides is 3. The van der Waals surface area contributed by atoms with Crippen molar-refractivity contribution >= 4 is 21.6 Å². The average molecular weight is 407 g/mol. The molecule has 1 amide bonds. The monoisotopic (exact) mass is 407 g/mol. The molecule has 1 saturated heterocycles. The smallest absolute Gasteiger partial charge is 0.406 e. The van der Waals surface area contributed by atoms with Crippen LogP contribution in [-0.4, -0.2) is 51.3 Å². The summed E-state index contributed by atoms with van der Waals surface area (Å²) < 4.78 is 65.7. The summed E-state index contributed by atoms with van der Waals surface area (Å²) in [6.07, 6.45) is -3.39. The van der Waals surface area contributed by atoms with Crippen LogP contribution < -0.4 is 14.8 Å². The zero-order valence-corrected chi connectivity index (χ0v) is 15.1. The van der Waals surface area contributed by atoms with E-state index in [0.717, 1.165) is 24.0 Å². The third-order valence-corrected chi connectivity index (χ3v) is 4.90. The standard InChI is InChI=1S/C16H20F3N3O4S/c1-2-27(24,25)21-13-4-3-9-22(10-13)11-15(23)20-12-5-7-14(8-6-12)26-16(17,18)19/h2,5-8,13,21H,1,3-4,9-11H2,(H,20,23). The van der Waals surface area contributed by atoms with Crippen LogP contribution in [0.2, 0.25) is 0 Å². The molecule has 0 bridgehead atoms. The van der Waals surface area contributed by atoms with E-state index in [9.17, 15) is 26.4 Å². The maximum absolute atomic E-state index is 12.1. The normalized spacial score (nSPS) is 18.7. The molecule has 1 aromatic carbocycles. The van der Waals surface area contributed by atoms with Crippen LogP contribution in [0.5, 0.6) is 5.75 Å². The van der Waals surface area contributed by atoms with E-state index in [-0.39, 0.29) is 24.2 Å². The van der Waals surface area contributed by atoms with E-state index in [1.807, 2.05) is 0 Å². The number of ether oxygens (including phenoxy) is 1. The first-order chi connectivity index (χ1) is 12.6. The molecule has 0 radical (unpaired) electrons. The lowest BCUT2D eigenvalue weighted by Crippen LogP contribution is -2.49. The van der Waals surface area contributed by atoms with Gasteiger partial charge in [-0.1, -0.05) is 6.58 Å². The van der Waals surface area contributed by atoms with Crippen molar-refractivity contribution in [3.8, 4) is 5.75 Å². The second-order valence-corrected chi connectivity index (χ2v) is 7.68. The van der Waals surface area contributed by atoms with Gasteiger partial charge < -0.3 is 10.1 Å². The number of rotatable bonds is 7. The van der Waals surface area contributed by atoms with Crippen molar-refractivity contribution in [2.24, 2.45) is 0 Å². The summed E-state index contributed by atoms with van der Waals surface area (Å²) in [7, 11) is -3.54. The fourth-order valence-corrected chi connectivity index (χ4v) is 3.47. The Morgan fingerprint density at radius 3 is 2.59 bits per heavy atom. The number of nitrogens with one attached hydrogen (secondary N) is 2. The van der Waals surface area contributed by atoms with E-state index >= 15 is 0 Å². The summed E-state index contributed by atoms with van der Waals surface area (Å²) in [5.74, 6) is -0.736. The Bertz CT molecular complexity index is 766. The molecule has 11 heteroatoms. The van der Waals surface area contributed by atoms with Crippen LogP contribution >= 0.6 is 0 Å². The van der Waals surface area contributed by atoms with Gasteiger partial charge in [0.1, 0.15) is 5.75 Å². The molecule has 0 aromatic heterocycles. The SMILES string of the molecule is C=CS(=O)(=O)NC1CCCN(CC(=O)Nc2ccc(OC(F)(F)F)cc2)C1. The van der Waals surface area contributed by atoms with Crippen LogP contribution in [0.3, 0.4) is 0 Å². The van der Waals surface area contributed by atoms with Gasteiger partial charge >= 0.3 is 6.36 Å². The highest BCUT2D eigenvalue weighted by atomic mass is 32.2. The molecule has 150 valence electrons. The Kier molecular flexibility index (Phi) is 6.84. The van der Waals surface area contributed by atoms with Gasteiger partial charge in [-0.3, -0.25) is 9.69 Å². The number of hydrogen-bond acceptors (Lipinski definition) is 5. The molecule has 1 heterocycles. The van der Waals surface area contributed by atoms with E-state index in [0.29, 0.717) is 25.2 Å². The zero-order chi connectivity index (χ0) is 20.1. The number of hydrogen-bond donors (Lipinski definition) is 2. The number of halogens is 3. The first-order valence-electron chi connectivity index (χ1n) is 8.09. The Morgan fingerprint density at radius 2 is 2.00 bits per heavy atom. The summed E-state index contributed by atoms with van der Waals surface area (Å²) in [6.45, 7) is 4.28. The summed E-state index contributed by atoms with van der Waals surface area (Å²) in [4.78, 5) is 13.9. The molecule has 1 aromatic rings. The molecule has 7 nitrogen and oxygen atoms in total. The molecule has 1 aliphatic heterocycles. The first kappa shape index (κ1) is 21.2. The largest absolute Gasteiger partial charge is 0.573 e. The molecule has 1 aliphatic rings. The minimum absolute atomic E-state index is 0.0348. The summed E-state index contributed by atoms with van der Waals surface area (Å²) >= 11 is 0. The second-order valence-electron chi connectivity index (χ2n) is 6.02. The lowest BCUT2D eigenvalue weighted by Gasteiger charge is -2.32. The third-order valence-electron chi connectivity index (χ3n) is 3.79. The number of amides is 1. The minimum Gasteiger partial charge on any atom is -0.406 e. The van der Waals surface area contributed by atoms with Crippen LogP contribution in [0.15, 0.2) is 36.3 Å². The van der Waals surface area contributed by atoms with Crippen LogP contribution in [0.25, 0.3) is 0 Å². The summed E-state index contributed by atoms with van der Waals surface area (Å²) in [5, 5.41) is 3.42. The Morgan fingerprint density at radius 1 is 1.33 bits per heavy atom. The van der Waals surface area contributed by atoms with Gasteiger partial charge in [0, 0.05) is 23.7 Å². The number of carbonyl (C=O) groups is 1. The summed E-state index contributed by atoms with van der Waals surface area (Å²) in [5.41, 5.74) is 0.329. The topological polar surface area (TPSA) is 87.7 Å². The number of likely N-dealkylation sites (tertiary alicyclic amines) is 1. The van der Waals surface area contributed by atoms with Crippen molar-refractivity contribution in [2.75, 3.05) is 25.0 Å². The maximum Gasteiger partial charge on any atom is 0.573 e. The van der Waals surface area contributed by atoms with Gasteiger partial charge in [-0.05, 0) is 43.7 Å². The lowest BCUT2D eigenvalue weighted by molar-refractivity contribution is -0.274. The Hall–Kier alpha value is -2.11. The van der Waals surface area contributed by atoms with Gasteiger partial charge in [0.2, 0.25) is 15.9 Å². The molecule has 0 saturated carbocycles. The number of sulfonamides is 1. The van der Waals surface area contributed by atoms with Crippen LogP contribution in [0, 0.1) is 0 Å². The molecule has 27 heavy (non-hydrogen) atoms. The molecular formula is C16H20F3N3O4S. The number of piperidine rings is 1. The van der Waals surface area contributed by atoms with E-state index < -0.39 is 16.4 Å². The van der Waals surface area contributed by atoms with E-state index in [4.69, 9.17) is 0 Å². The van der Waals surface area contributed by atoms with Crippen molar-refractivity contribution in [2.45, 2.75) is 25.2 Å². The number of carbonyl (C=O) groups excluding carboxylic acids is 1.